The van der Waals surface area contributed by atoms with Crippen molar-refractivity contribution in [2.24, 2.45) is 0 Å². The molecule has 0 radical (unpaired) electrons. The summed E-state index contributed by atoms with van der Waals surface area (Å²) in [6.45, 7) is 12.2. The van der Waals surface area contributed by atoms with Gasteiger partial charge < -0.3 is 18.9 Å². The van der Waals surface area contributed by atoms with Crippen LogP contribution in [0.5, 0.6) is 0 Å². The lowest BCUT2D eigenvalue weighted by molar-refractivity contribution is -0.0472. The molecule has 0 saturated heterocycles. The van der Waals surface area contributed by atoms with Crippen LogP contribution in [0, 0.1) is 6.92 Å². The number of aryl methyl sites for hydroxylation is 1. The minimum atomic E-state index is -4.29. The molecule has 1 N–H and O–H groups in total. The largest absolute Gasteiger partial charge is 0.377 e. The summed E-state index contributed by atoms with van der Waals surface area (Å²) < 4.78 is 54.4. The Morgan fingerprint density at radius 3 is 2.11 bits per heavy atom. The smallest absolute Gasteiger partial charge is 0.294 e. The summed E-state index contributed by atoms with van der Waals surface area (Å²) in [5.41, 5.74) is 1.15. The van der Waals surface area contributed by atoms with Gasteiger partial charge in [0.2, 0.25) is 0 Å². The third kappa shape index (κ3) is 10.2. The molecule has 156 valence electrons. The Hall–Kier alpha value is -1.03. The molecule has 0 bridgehead atoms. The van der Waals surface area contributed by atoms with Crippen molar-refractivity contribution in [3.8, 4) is 0 Å². The van der Waals surface area contributed by atoms with Crippen LogP contribution in [0.15, 0.2) is 23.1 Å². The average Bonchev–Trinajstić information content (AvgIpc) is 2.54. The van der Waals surface area contributed by atoms with E-state index in [0.717, 1.165) is 5.56 Å². The fraction of sp³-hybridized carbons (Fsp3) is 0.684. The minimum absolute atomic E-state index is 0.132. The minimum Gasteiger partial charge on any atom is -0.377 e. The van der Waals surface area contributed by atoms with Crippen LogP contribution >= 0.6 is 0 Å². The zero-order chi connectivity index (χ0) is 20.5. The lowest BCUT2D eigenvalue weighted by Gasteiger charge is -2.19. The molecule has 1 atom stereocenters. The van der Waals surface area contributed by atoms with Gasteiger partial charge in [0, 0.05) is 5.56 Å². The Bertz CT molecular complexity index is 665. The quantitative estimate of drug-likeness (QED) is 0.423. The van der Waals surface area contributed by atoms with Gasteiger partial charge in [-0.15, -0.1) is 0 Å². The number of ether oxygens (including phenoxy) is 4. The summed E-state index contributed by atoms with van der Waals surface area (Å²) in [5, 5.41) is 0. The SMILES string of the molecule is Cc1ccc(S(=O)(=O)O)c(C(C)OCCOCCOCCOC(C)(C)C)c1. The van der Waals surface area contributed by atoms with Crippen LogP contribution < -0.4 is 0 Å². The van der Waals surface area contributed by atoms with E-state index in [1.807, 2.05) is 27.7 Å². The highest BCUT2D eigenvalue weighted by atomic mass is 32.2. The first kappa shape index (κ1) is 24.0. The van der Waals surface area contributed by atoms with Crippen molar-refractivity contribution in [2.75, 3.05) is 39.6 Å². The van der Waals surface area contributed by atoms with Crippen molar-refractivity contribution in [3.05, 3.63) is 29.3 Å². The Balaban J connectivity index is 2.25. The average molecular weight is 405 g/mol. The second-order valence-electron chi connectivity index (χ2n) is 7.21. The predicted molar refractivity (Wildman–Crippen MR) is 103 cm³/mol. The molecule has 0 heterocycles. The van der Waals surface area contributed by atoms with Crippen LogP contribution in [0.2, 0.25) is 0 Å². The van der Waals surface area contributed by atoms with E-state index >= 15 is 0 Å². The van der Waals surface area contributed by atoms with Crippen LogP contribution in [-0.2, 0) is 29.1 Å². The van der Waals surface area contributed by atoms with Crippen molar-refractivity contribution < 1.29 is 31.9 Å². The summed E-state index contributed by atoms with van der Waals surface area (Å²) in [4.78, 5) is -0.132. The van der Waals surface area contributed by atoms with Crippen LogP contribution in [0.25, 0.3) is 0 Å². The zero-order valence-electron chi connectivity index (χ0n) is 16.9. The highest BCUT2D eigenvalue weighted by Crippen LogP contribution is 2.26. The van der Waals surface area contributed by atoms with Gasteiger partial charge in [-0.2, -0.15) is 8.42 Å². The van der Waals surface area contributed by atoms with Gasteiger partial charge in [0.1, 0.15) is 0 Å². The second-order valence-corrected chi connectivity index (χ2v) is 8.60. The van der Waals surface area contributed by atoms with Gasteiger partial charge in [-0.1, -0.05) is 17.7 Å². The van der Waals surface area contributed by atoms with Gasteiger partial charge in [-0.25, -0.2) is 0 Å². The third-order valence-electron chi connectivity index (χ3n) is 3.61. The zero-order valence-corrected chi connectivity index (χ0v) is 17.7. The standard InChI is InChI=1S/C19H32O7S/c1-15-6-7-18(27(20,21)22)17(14-15)16(2)25-12-10-23-8-9-24-11-13-26-19(3,4)5/h6-7,14,16H,8-13H2,1-5H3,(H,20,21,22). The van der Waals surface area contributed by atoms with Crippen LogP contribution in [0.3, 0.4) is 0 Å². The monoisotopic (exact) mass is 404 g/mol. The van der Waals surface area contributed by atoms with E-state index in [1.165, 1.54) is 6.07 Å². The molecule has 0 saturated carbocycles. The number of hydrogen-bond acceptors (Lipinski definition) is 6. The van der Waals surface area contributed by atoms with Crippen LogP contribution in [0.4, 0.5) is 0 Å². The topological polar surface area (TPSA) is 91.3 Å². The molecule has 1 aromatic carbocycles. The number of benzene rings is 1. The molecule has 0 spiro atoms. The van der Waals surface area contributed by atoms with Gasteiger partial charge in [-0.05, 0) is 40.7 Å². The lowest BCUT2D eigenvalue weighted by Crippen LogP contribution is -2.22. The summed E-state index contributed by atoms with van der Waals surface area (Å²) in [7, 11) is -4.29. The molecule has 0 aliphatic heterocycles. The van der Waals surface area contributed by atoms with Crippen LogP contribution in [-0.4, -0.2) is 58.2 Å². The fourth-order valence-electron chi connectivity index (χ4n) is 2.32. The van der Waals surface area contributed by atoms with Crippen molar-refractivity contribution in [1.29, 1.82) is 0 Å². The summed E-state index contributed by atoms with van der Waals surface area (Å²) in [5.74, 6) is 0. The van der Waals surface area contributed by atoms with E-state index in [4.69, 9.17) is 18.9 Å². The van der Waals surface area contributed by atoms with E-state index in [2.05, 4.69) is 0 Å². The molecule has 0 aliphatic rings. The van der Waals surface area contributed by atoms with Crippen molar-refractivity contribution in [1.82, 2.24) is 0 Å². The molecule has 1 rings (SSSR count). The lowest BCUT2D eigenvalue weighted by atomic mass is 10.1. The molecular formula is C19H32O7S. The predicted octanol–water partition coefficient (Wildman–Crippen LogP) is 3.17. The highest BCUT2D eigenvalue weighted by Gasteiger charge is 2.20. The van der Waals surface area contributed by atoms with Crippen molar-refractivity contribution in [2.45, 2.75) is 51.2 Å². The van der Waals surface area contributed by atoms with Crippen molar-refractivity contribution >= 4 is 10.1 Å². The summed E-state index contributed by atoms with van der Waals surface area (Å²) in [6, 6.07) is 4.72. The first-order valence-electron chi connectivity index (χ1n) is 9.00. The molecule has 27 heavy (non-hydrogen) atoms. The Morgan fingerprint density at radius 2 is 1.56 bits per heavy atom. The van der Waals surface area contributed by atoms with E-state index in [-0.39, 0.29) is 10.5 Å². The molecular weight excluding hydrogens is 372 g/mol. The highest BCUT2D eigenvalue weighted by molar-refractivity contribution is 7.85. The van der Waals surface area contributed by atoms with Gasteiger partial charge in [0.15, 0.2) is 0 Å². The molecule has 0 fully saturated rings. The Labute approximate surface area is 162 Å². The number of hydrogen-bond donors (Lipinski definition) is 1. The molecule has 0 amide bonds. The van der Waals surface area contributed by atoms with E-state index in [9.17, 15) is 13.0 Å². The van der Waals surface area contributed by atoms with Crippen LogP contribution in [0.1, 0.15) is 44.9 Å². The fourth-order valence-corrected chi connectivity index (χ4v) is 3.09. The summed E-state index contributed by atoms with van der Waals surface area (Å²) in [6.07, 6.45) is -0.490. The maximum Gasteiger partial charge on any atom is 0.294 e. The molecule has 8 heteroatoms. The maximum atomic E-state index is 11.5. The Kier molecular flexibility index (Phi) is 9.86. The molecule has 0 aromatic heterocycles. The normalized spacial score (nSPS) is 13.7. The summed E-state index contributed by atoms with van der Waals surface area (Å²) >= 11 is 0. The number of rotatable bonds is 12. The molecule has 0 aliphatic carbocycles. The maximum absolute atomic E-state index is 11.5. The van der Waals surface area contributed by atoms with E-state index in [1.54, 1.807) is 19.1 Å². The Morgan fingerprint density at radius 1 is 1.00 bits per heavy atom. The molecule has 7 nitrogen and oxygen atoms in total. The first-order valence-corrected chi connectivity index (χ1v) is 10.4. The van der Waals surface area contributed by atoms with Gasteiger partial charge in [-0.3, -0.25) is 4.55 Å². The third-order valence-corrected chi connectivity index (χ3v) is 4.54. The molecule has 1 aromatic rings. The molecule has 1 unspecified atom stereocenters. The van der Waals surface area contributed by atoms with Gasteiger partial charge in [0.05, 0.1) is 56.2 Å². The second kappa shape index (κ2) is 11.1. The van der Waals surface area contributed by atoms with Gasteiger partial charge >= 0.3 is 0 Å². The van der Waals surface area contributed by atoms with Gasteiger partial charge in [0.25, 0.3) is 10.1 Å². The first-order chi connectivity index (χ1) is 12.5. The van der Waals surface area contributed by atoms with Crippen molar-refractivity contribution in [3.63, 3.8) is 0 Å². The van der Waals surface area contributed by atoms with E-state index < -0.39 is 16.2 Å². The van der Waals surface area contributed by atoms with E-state index in [0.29, 0.717) is 45.2 Å².